The third-order valence-corrected chi connectivity index (χ3v) is 2.37. The van der Waals surface area contributed by atoms with E-state index in [0.29, 0.717) is 10.6 Å². The molecule has 1 aromatic rings. The lowest BCUT2D eigenvalue weighted by Gasteiger charge is -2.15. The molecule has 1 aromatic carbocycles. The van der Waals surface area contributed by atoms with Gasteiger partial charge in [0.2, 0.25) is 0 Å². The van der Waals surface area contributed by atoms with Crippen molar-refractivity contribution in [1.82, 2.24) is 5.06 Å². The second-order valence-corrected chi connectivity index (χ2v) is 3.60. The molecule has 0 aliphatic carbocycles. The van der Waals surface area contributed by atoms with E-state index < -0.39 is 11.8 Å². The minimum atomic E-state index is -0.390. The molecule has 1 saturated heterocycles. The zero-order chi connectivity index (χ0) is 12.4. The van der Waals surface area contributed by atoms with Crippen LogP contribution in [0.4, 0.5) is 4.39 Å². The van der Waals surface area contributed by atoms with Crippen LogP contribution >= 0.6 is 0 Å². The van der Waals surface area contributed by atoms with E-state index in [1.165, 1.54) is 24.3 Å². The van der Waals surface area contributed by atoms with Crippen molar-refractivity contribution in [3.63, 3.8) is 0 Å². The second kappa shape index (κ2) is 4.37. The standard InChI is InChI=1S/C12H10FNO3/c1-8(9-2-4-10(13)5-3-9)17-14-11(15)6-7-12(14)16/h2-5H,1,6-7H2. The zero-order valence-electron chi connectivity index (χ0n) is 8.98. The van der Waals surface area contributed by atoms with Gasteiger partial charge in [-0.05, 0) is 24.3 Å². The highest BCUT2D eigenvalue weighted by Gasteiger charge is 2.31. The maximum atomic E-state index is 12.7. The van der Waals surface area contributed by atoms with Gasteiger partial charge in [0.25, 0.3) is 11.8 Å². The smallest absolute Gasteiger partial charge is 0.263 e. The van der Waals surface area contributed by atoms with Gasteiger partial charge >= 0.3 is 0 Å². The van der Waals surface area contributed by atoms with Gasteiger partial charge in [-0.3, -0.25) is 9.59 Å². The maximum absolute atomic E-state index is 12.7. The number of halogens is 1. The molecule has 0 bridgehead atoms. The maximum Gasteiger partial charge on any atom is 0.263 e. The van der Waals surface area contributed by atoms with Gasteiger partial charge in [-0.25, -0.2) is 4.39 Å². The fourth-order valence-electron chi connectivity index (χ4n) is 1.46. The highest BCUT2D eigenvalue weighted by Crippen LogP contribution is 2.20. The molecule has 4 nitrogen and oxygen atoms in total. The summed E-state index contributed by atoms with van der Waals surface area (Å²) in [5.74, 6) is -1.03. The number of hydrogen-bond acceptors (Lipinski definition) is 3. The van der Waals surface area contributed by atoms with Gasteiger partial charge in [0, 0.05) is 18.4 Å². The lowest BCUT2D eigenvalue weighted by atomic mass is 10.2. The number of hydrogen-bond donors (Lipinski definition) is 0. The van der Waals surface area contributed by atoms with E-state index in [4.69, 9.17) is 4.84 Å². The van der Waals surface area contributed by atoms with E-state index in [9.17, 15) is 14.0 Å². The number of amides is 2. The molecule has 5 heteroatoms. The number of benzene rings is 1. The van der Waals surface area contributed by atoms with E-state index in [1.54, 1.807) is 0 Å². The lowest BCUT2D eigenvalue weighted by Crippen LogP contribution is -2.28. The summed E-state index contributed by atoms with van der Waals surface area (Å²) >= 11 is 0. The summed E-state index contributed by atoms with van der Waals surface area (Å²) in [6, 6.07) is 5.42. The van der Waals surface area contributed by atoms with Crippen molar-refractivity contribution in [2.75, 3.05) is 0 Å². The summed E-state index contributed by atoms with van der Waals surface area (Å²) < 4.78 is 12.7. The van der Waals surface area contributed by atoms with E-state index in [0.717, 1.165) is 0 Å². The normalized spacial score (nSPS) is 15.2. The third kappa shape index (κ3) is 2.33. The number of carbonyl (C=O) groups excluding carboxylic acids is 2. The predicted octanol–water partition coefficient (Wildman–Crippen LogP) is 1.88. The number of carbonyl (C=O) groups is 2. The monoisotopic (exact) mass is 235 g/mol. The van der Waals surface area contributed by atoms with Crippen molar-refractivity contribution in [2.45, 2.75) is 12.8 Å². The van der Waals surface area contributed by atoms with Crippen LogP contribution in [0.25, 0.3) is 5.76 Å². The Bertz CT molecular complexity index is 465. The SMILES string of the molecule is C=C(ON1C(=O)CCC1=O)c1ccc(F)cc1. The first-order valence-electron chi connectivity index (χ1n) is 5.06. The molecule has 0 atom stereocenters. The molecular weight excluding hydrogens is 225 g/mol. The van der Waals surface area contributed by atoms with Crippen molar-refractivity contribution in [3.8, 4) is 0 Å². The Morgan fingerprint density at radius 2 is 1.71 bits per heavy atom. The topological polar surface area (TPSA) is 46.6 Å². The molecule has 17 heavy (non-hydrogen) atoms. The number of hydroxylamine groups is 2. The molecule has 0 radical (unpaired) electrons. The summed E-state index contributed by atoms with van der Waals surface area (Å²) in [5.41, 5.74) is 0.513. The van der Waals surface area contributed by atoms with Crippen LogP contribution in [0.5, 0.6) is 0 Å². The van der Waals surface area contributed by atoms with Crippen LogP contribution in [0, 0.1) is 5.82 Å². The molecule has 88 valence electrons. The van der Waals surface area contributed by atoms with Crippen LogP contribution in [-0.4, -0.2) is 16.9 Å². The average Bonchev–Trinajstić information content (AvgIpc) is 2.61. The summed E-state index contributed by atoms with van der Waals surface area (Å²) in [6.07, 6.45) is 0.297. The van der Waals surface area contributed by atoms with Gasteiger partial charge in [-0.2, -0.15) is 0 Å². The minimum Gasteiger partial charge on any atom is -0.369 e. The van der Waals surface area contributed by atoms with Crippen molar-refractivity contribution < 1.29 is 18.8 Å². The van der Waals surface area contributed by atoms with Gasteiger partial charge in [0.1, 0.15) is 5.82 Å². The molecule has 1 fully saturated rings. The molecule has 0 spiro atoms. The van der Waals surface area contributed by atoms with Crippen LogP contribution in [0.15, 0.2) is 30.8 Å². The third-order valence-electron chi connectivity index (χ3n) is 2.37. The highest BCUT2D eigenvalue weighted by atomic mass is 19.1. The van der Waals surface area contributed by atoms with Crippen LogP contribution in [-0.2, 0) is 14.4 Å². The number of imide groups is 1. The average molecular weight is 235 g/mol. The molecule has 1 aliphatic rings. The Labute approximate surface area is 97.2 Å². The summed E-state index contributed by atoms with van der Waals surface area (Å²) in [7, 11) is 0. The Hall–Kier alpha value is -2.17. The van der Waals surface area contributed by atoms with Gasteiger partial charge in [-0.15, -0.1) is 5.06 Å². The van der Waals surface area contributed by atoms with Crippen molar-refractivity contribution in [1.29, 1.82) is 0 Å². The molecule has 0 N–H and O–H groups in total. The Morgan fingerprint density at radius 1 is 1.18 bits per heavy atom. The highest BCUT2D eigenvalue weighted by molar-refractivity contribution is 6.01. The first kappa shape index (κ1) is 11.3. The van der Waals surface area contributed by atoms with Gasteiger partial charge in [0.15, 0.2) is 5.76 Å². The van der Waals surface area contributed by atoms with Gasteiger partial charge < -0.3 is 4.84 Å². The van der Waals surface area contributed by atoms with Crippen molar-refractivity contribution in [2.24, 2.45) is 0 Å². The fraction of sp³-hybridized carbons (Fsp3) is 0.167. The van der Waals surface area contributed by atoms with Crippen LogP contribution < -0.4 is 0 Å². The molecule has 0 aromatic heterocycles. The first-order chi connectivity index (χ1) is 8.08. The van der Waals surface area contributed by atoms with Crippen molar-refractivity contribution in [3.05, 3.63) is 42.2 Å². The Morgan fingerprint density at radius 3 is 2.24 bits per heavy atom. The Balaban J connectivity index is 2.09. The second-order valence-electron chi connectivity index (χ2n) is 3.60. The van der Waals surface area contributed by atoms with E-state index in [-0.39, 0.29) is 24.4 Å². The van der Waals surface area contributed by atoms with Gasteiger partial charge in [-0.1, -0.05) is 6.58 Å². The first-order valence-corrected chi connectivity index (χ1v) is 5.06. The van der Waals surface area contributed by atoms with Crippen molar-refractivity contribution >= 4 is 17.6 Å². The molecule has 0 unspecified atom stereocenters. The molecule has 1 heterocycles. The molecular formula is C12H10FNO3. The minimum absolute atomic E-state index is 0.133. The molecule has 2 amide bonds. The quantitative estimate of drug-likeness (QED) is 0.593. The summed E-state index contributed by atoms with van der Waals surface area (Å²) in [4.78, 5) is 27.6. The molecule has 1 aliphatic heterocycles. The summed E-state index contributed by atoms with van der Waals surface area (Å²) in [5, 5.41) is 0.700. The zero-order valence-corrected chi connectivity index (χ0v) is 8.98. The fourth-order valence-corrected chi connectivity index (χ4v) is 1.46. The van der Waals surface area contributed by atoms with E-state index in [2.05, 4.69) is 6.58 Å². The largest absolute Gasteiger partial charge is 0.369 e. The predicted molar refractivity (Wildman–Crippen MR) is 57.6 cm³/mol. The summed E-state index contributed by atoms with van der Waals surface area (Å²) in [6.45, 7) is 3.60. The Kier molecular flexibility index (Phi) is 2.91. The van der Waals surface area contributed by atoms with E-state index in [1.807, 2.05) is 0 Å². The van der Waals surface area contributed by atoms with Crippen LogP contribution in [0.2, 0.25) is 0 Å². The molecule has 2 rings (SSSR count). The number of rotatable bonds is 3. The molecule has 0 saturated carbocycles. The van der Waals surface area contributed by atoms with Crippen LogP contribution in [0.1, 0.15) is 18.4 Å². The van der Waals surface area contributed by atoms with Gasteiger partial charge in [0.05, 0.1) is 0 Å². The number of nitrogens with zero attached hydrogens (tertiary/aromatic N) is 1. The van der Waals surface area contributed by atoms with E-state index >= 15 is 0 Å². The lowest BCUT2D eigenvalue weighted by molar-refractivity contribution is -0.169. The van der Waals surface area contributed by atoms with Crippen LogP contribution in [0.3, 0.4) is 0 Å².